The molecule has 0 radical (unpaired) electrons. The van der Waals surface area contributed by atoms with Crippen molar-refractivity contribution in [1.29, 1.82) is 0 Å². The SMILES string of the molecule is O=C(Nc1cc(C(=O)NCC2CCC(C(=O)O)O2)no1)OCC1c2ccccc2-c2ccccc21. The summed E-state index contributed by atoms with van der Waals surface area (Å²) in [6, 6.07) is 17.3. The maximum atomic E-state index is 12.4. The van der Waals surface area contributed by atoms with Gasteiger partial charge in [-0.2, -0.15) is 0 Å². The van der Waals surface area contributed by atoms with E-state index >= 15 is 0 Å². The molecule has 2 heterocycles. The molecule has 10 nitrogen and oxygen atoms in total. The van der Waals surface area contributed by atoms with Gasteiger partial charge in [-0.25, -0.2) is 9.59 Å². The molecule has 35 heavy (non-hydrogen) atoms. The number of carboxylic acids is 1. The summed E-state index contributed by atoms with van der Waals surface area (Å²) >= 11 is 0. The molecule has 3 aromatic rings. The predicted octanol–water partition coefficient (Wildman–Crippen LogP) is 3.40. The highest BCUT2D eigenvalue weighted by Crippen LogP contribution is 2.44. The number of nitrogens with one attached hydrogen (secondary N) is 2. The van der Waals surface area contributed by atoms with Crippen LogP contribution in [0.3, 0.4) is 0 Å². The highest BCUT2D eigenvalue weighted by molar-refractivity contribution is 5.93. The number of nitrogens with zero attached hydrogens (tertiary/aromatic N) is 1. The van der Waals surface area contributed by atoms with E-state index in [9.17, 15) is 14.4 Å². The fourth-order valence-electron chi connectivity index (χ4n) is 4.51. The topological polar surface area (TPSA) is 140 Å². The van der Waals surface area contributed by atoms with Crippen LogP contribution in [0.1, 0.15) is 40.4 Å². The first kappa shape index (κ1) is 22.6. The first-order valence-electron chi connectivity index (χ1n) is 11.2. The van der Waals surface area contributed by atoms with E-state index < -0.39 is 24.1 Å². The van der Waals surface area contributed by atoms with Gasteiger partial charge in [0.1, 0.15) is 6.61 Å². The summed E-state index contributed by atoms with van der Waals surface area (Å²) in [7, 11) is 0. The number of fused-ring (bicyclic) bond motifs is 3. The second-order valence-electron chi connectivity index (χ2n) is 8.40. The van der Waals surface area contributed by atoms with Crippen LogP contribution in [0.4, 0.5) is 10.7 Å². The predicted molar refractivity (Wildman–Crippen MR) is 123 cm³/mol. The Labute approximate surface area is 200 Å². The molecule has 2 amide bonds. The molecule has 2 atom stereocenters. The number of rotatable bonds is 7. The number of aliphatic carboxylic acids is 1. The molecule has 1 aromatic heterocycles. The fourth-order valence-corrected chi connectivity index (χ4v) is 4.51. The standard InChI is InChI=1S/C25H23N3O7/c29-23(26-12-14-9-10-21(34-14)24(30)31)20-11-22(35-28-20)27-25(32)33-13-19-17-7-3-1-5-15(17)16-6-2-4-8-18(16)19/h1-8,11,14,19,21H,9-10,12-13H2,(H,26,29)(H,27,32)(H,30,31). The van der Waals surface area contributed by atoms with Crippen molar-refractivity contribution in [1.82, 2.24) is 10.5 Å². The lowest BCUT2D eigenvalue weighted by Gasteiger charge is -2.13. The lowest BCUT2D eigenvalue weighted by Crippen LogP contribution is -2.33. The Morgan fingerprint density at radius 1 is 1.03 bits per heavy atom. The highest BCUT2D eigenvalue weighted by Gasteiger charge is 2.31. The highest BCUT2D eigenvalue weighted by atomic mass is 16.6. The van der Waals surface area contributed by atoms with Gasteiger partial charge in [-0.15, -0.1) is 0 Å². The maximum absolute atomic E-state index is 12.4. The average Bonchev–Trinajstić information content (AvgIpc) is 3.59. The van der Waals surface area contributed by atoms with Crippen LogP contribution in [0.2, 0.25) is 0 Å². The van der Waals surface area contributed by atoms with Crippen molar-refractivity contribution in [3.63, 3.8) is 0 Å². The van der Waals surface area contributed by atoms with E-state index in [0.717, 1.165) is 22.3 Å². The fraction of sp³-hybridized carbons (Fsp3) is 0.280. The van der Waals surface area contributed by atoms with Crippen LogP contribution in [0.25, 0.3) is 11.1 Å². The van der Waals surface area contributed by atoms with E-state index in [4.69, 9.17) is 19.1 Å². The molecule has 2 unspecified atom stereocenters. The summed E-state index contributed by atoms with van der Waals surface area (Å²) in [5.74, 6) is -1.66. The van der Waals surface area contributed by atoms with Gasteiger partial charge < -0.3 is 24.4 Å². The molecule has 1 aliphatic carbocycles. The second kappa shape index (κ2) is 9.59. The quantitative estimate of drug-likeness (QED) is 0.470. The summed E-state index contributed by atoms with van der Waals surface area (Å²) < 4.78 is 15.8. The third kappa shape index (κ3) is 4.73. The molecule has 2 aliphatic rings. The number of carbonyl (C=O) groups excluding carboxylic acids is 2. The smallest absolute Gasteiger partial charge is 0.414 e. The van der Waals surface area contributed by atoms with Crippen LogP contribution in [0.5, 0.6) is 0 Å². The van der Waals surface area contributed by atoms with Gasteiger partial charge >= 0.3 is 12.1 Å². The number of carbonyl (C=O) groups is 3. The van der Waals surface area contributed by atoms with E-state index in [0.29, 0.717) is 12.8 Å². The minimum Gasteiger partial charge on any atom is -0.479 e. The monoisotopic (exact) mass is 477 g/mol. The molecule has 3 N–H and O–H groups in total. The lowest BCUT2D eigenvalue weighted by molar-refractivity contribution is -0.149. The second-order valence-corrected chi connectivity index (χ2v) is 8.40. The van der Waals surface area contributed by atoms with Crippen LogP contribution < -0.4 is 10.6 Å². The van der Waals surface area contributed by atoms with E-state index in [1.165, 1.54) is 6.07 Å². The van der Waals surface area contributed by atoms with E-state index in [2.05, 4.69) is 27.9 Å². The molecule has 1 saturated heterocycles. The van der Waals surface area contributed by atoms with Gasteiger partial charge in [-0.1, -0.05) is 53.7 Å². The molecule has 180 valence electrons. The zero-order valence-electron chi connectivity index (χ0n) is 18.6. The summed E-state index contributed by atoms with van der Waals surface area (Å²) in [4.78, 5) is 35.6. The Morgan fingerprint density at radius 2 is 1.71 bits per heavy atom. The number of hydrogen-bond donors (Lipinski definition) is 3. The van der Waals surface area contributed by atoms with Crippen LogP contribution in [-0.4, -0.2) is 53.6 Å². The number of hydrogen-bond acceptors (Lipinski definition) is 7. The molecule has 1 aliphatic heterocycles. The van der Waals surface area contributed by atoms with Crippen LogP contribution in [-0.2, 0) is 14.3 Å². The van der Waals surface area contributed by atoms with Crippen molar-refractivity contribution in [2.45, 2.75) is 31.0 Å². The molecule has 5 rings (SSSR count). The molecule has 0 spiro atoms. The van der Waals surface area contributed by atoms with Crippen molar-refractivity contribution < 1.29 is 33.5 Å². The average molecular weight is 477 g/mol. The van der Waals surface area contributed by atoms with Crippen molar-refractivity contribution in [2.75, 3.05) is 18.5 Å². The molecular weight excluding hydrogens is 454 g/mol. The normalized spacial score (nSPS) is 18.5. The van der Waals surface area contributed by atoms with Gasteiger partial charge in [0.05, 0.1) is 6.10 Å². The number of aromatic nitrogens is 1. The van der Waals surface area contributed by atoms with Gasteiger partial charge in [0, 0.05) is 18.5 Å². The minimum atomic E-state index is -1.01. The third-order valence-electron chi connectivity index (χ3n) is 6.19. The number of ether oxygens (including phenoxy) is 2. The summed E-state index contributed by atoms with van der Waals surface area (Å²) in [5.41, 5.74) is 4.42. The number of anilines is 1. The lowest BCUT2D eigenvalue weighted by atomic mass is 9.98. The van der Waals surface area contributed by atoms with E-state index in [1.807, 2.05) is 36.4 Å². The summed E-state index contributed by atoms with van der Waals surface area (Å²) in [6.07, 6.45) is -1.03. The molecule has 0 saturated carbocycles. The summed E-state index contributed by atoms with van der Waals surface area (Å²) in [6.45, 7) is 0.282. The Balaban J connectivity index is 1.13. The Bertz CT molecular complexity index is 1230. The zero-order chi connectivity index (χ0) is 24.4. The van der Waals surface area contributed by atoms with Crippen molar-refractivity contribution in [2.24, 2.45) is 0 Å². The molecule has 2 aromatic carbocycles. The van der Waals surface area contributed by atoms with Crippen molar-refractivity contribution in [3.05, 3.63) is 71.4 Å². The first-order valence-corrected chi connectivity index (χ1v) is 11.2. The molecule has 0 bridgehead atoms. The zero-order valence-corrected chi connectivity index (χ0v) is 18.6. The van der Waals surface area contributed by atoms with Crippen LogP contribution in [0.15, 0.2) is 59.1 Å². The van der Waals surface area contributed by atoms with Gasteiger partial charge in [-0.3, -0.25) is 10.1 Å². The largest absolute Gasteiger partial charge is 0.479 e. The first-order chi connectivity index (χ1) is 17.0. The maximum Gasteiger partial charge on any atom is 0.414 e. The van der Waals surface area contributed by atoms with Crippen molar-refractivity contribution in [3.8, 4) is 11.1 Å². The van der Waals surface area contributed by atoms with E-state index in [1.54, 1.807) is 0 Å². The molecule has 1 fully saturated rings. The van der Waals surface area contributed by atoms with E-state index in [-0.39, 0.29) is 36.8 Å². The Kier molecular flexibility index (Phi) is 6.19. The number of carboxylic acid groups (broad SMARTS) is 1. The number of benzene rings is 2. The minimum absolute atomic E-state index is 0.0320. The Morgan fingerprint density at radius 3 is 2.37 bits per heavy atom. The summed E-state index contributed by atoms with van der Waals surface area (Å²) in [5, 5.41) is 17.7. The number of amides is 2. The van der Waals surface area contributed by atoms with Crippen molar-refractivity contribution >= 4 is 23.9 Å². The van der Waals surface area contributed by atoms with Gasteiger partial charge in [0.15, 0.2) is 11.8 Å². The molecular formula is C25H23N3O7. The Hall–Kier alpha value is -4.18. The third-order valence-corrected chi connectivity index (χ3v) is 6.19. The van der Waals surface area contributed by atoms with Crippen LogP contribution in [0, 0.1) is 0 Å². The van der Waals surface area contributed by atoms with Gasteiger partial charge in [0.2, 0.25) is 5.88 Å². The van der Waals surface area contributed by atoms with Gasteiger partial charge in [0.25, 0.3) is 5.91 Å². The van der Waals surface area contributed by atoms with Crippen LogP contribution >= 0.6 is 0 Å². The van der Waals surface area contributed by atoms with Gasteiger partial charge in [-0.05, 0) is 35.1 Å². The molecule has 10 heteroatoms.